The zero-order valence-corrected chi connectivity index (χ0v) is 5.70. The lowest BCUT2D eigenvalue weighted by atomic mass is 10.3. The summed E-state index contributed by atoms with van der Waals surface area (Å²) in [5.74, 6) is 0. The highest BCUT2D eigenvalue weighted by molar-refractivity contribution is 5.75. The number of aromatic nitrogens is 2. The Bertz CT molecular complexity index is 349. The molecule has 2 aromatic heterocycles. The first kappa shape index (κ1) is 5.47. The number of fused-ring (bicyclic) bond motifs is 1. The third-order valence-electron chi connectivity index (χ3n) is 1.58. The molecule has 2 heterocycles. The second kappa shape index (κ2) is 1.84. The van der Waals surface area contributed by atoms with Crippen LogP contribution in [0.2, 0.25) is 0 Å². The van der Waals surface area contributed by atoms with E-state index in [4.69, 9.17) is 0 Å². The van der Waals surface area contributed by atoms with Gasteiger partial charge in [0.25, 0.3) is 0 Å². The van der Waals surface area contributed by atoms with Crippen molar-refractivity contribution < 1.29 is 0 Å². The van der Waals surface area contributed by atoms with Gasteiger partial charge in [-0.3, -0.25) is 0 Å². The zero-order chi connectivity index (χ0) is 6.97. The molecule has 2 heteroatoms. The molecule has 0 saturated carbocycles. The van der Waals surface area contributed by atoms with Gasteiger partial charge in [0.05, 0.1) is 6.20 Å². The second-order valence-electron chi connectivity index (χ2n) is 2.28. The van der Waals surface area contributed by atoms with E-state index in [1.165, 1.54) is 5.39 Å². The van der Waals surface area contributed by atoms with Crippen LogP contribution in [0, 0.1) is 6.20 Å². The molecule has 0 spiro atoms. The smallest absolute Gasteiger partial charge is 0.140 e. The summed E-state index contributed by atoms with van der Waals surface area (Å²) in [5.41, 5.74) is 0.988. The van der Waals surface area contributed by atoms with Gasteiger partial charge in [-0.2, -0.15) is 0 Å². The Morgan fingerprint density at radius 3 is 3.20 bits per heavy atom. The molecule has 2 aromatic rings. The minimum Gasteiger partial charge on any atom is -0.336 e. The summed E-state index contributed by atoms with van der Waals surface area (Å²) in [6, 6.07) is 5.86. The van der Waals surface area contributed by atoms with Crippen LogP contribution in [0.15, 0.2) is 24.4 Å². The van der Waals surface area contributed by atoms with E-state index in [2.05, 4.69) is 11.2 Å². The third-order valence-corrected chi connectivity index (χ3v) is 1.58. The van der Waals surface area contributed by atoms with Crippen LogP contribution in [0.1, 0.15) is 0 Å². The van der Waals surface area contributed by atoms with Crippen molar-refractivity contribution in [2.75, 3.05) is 0 Å². The van der Waals surface area contributed by atoms with Gasteiger partial charge in [0.15, 0.2) is 0 Å². The number of hydrogen-bond donors (Lipinski definition) is 0. The highest BCUT2D eigenvalue weighted by Gasteiger charge is 1.94. The Morgan fingerprint density at radius 2 is 2.40 bits per heavy atom. The van der Waals surface area contributed by atoms with E-state index in [1.54, 1.807) is 0 Å². The van der Waals surface area contributed by atoms with Crippen molar-refractivity contribution in [1.29, 1.82) is 0 Å². The molecule has 10 heavy (non-hydrogen) atoms. The molecule has 2 rings (SSSR count). The summed E-state index contributed by atoms with van der Waals surface area (Å²) in [5, 5.41) is 1.17. The minimum absolute atomic E-state index is 0.988. The van der Waals surface area contributed by atoms with Crippen LogP contribution in [0.4, 0.5) is 0 Å². The molecule has 0 aliphatic heterocycles. The van der Waals surface area contributed by atoms with Gasteiger partial charge < -0.3 is 4.57 Å². The first-order valence-corrected chi connectivity index (χ1v) is 3.16. The fourth-order valence-electron chi connectivity index (χ4n) is 1.04. The average molecular weight is 131 g/mol. The predicted octanol–water partition coefficient (Wildman–Crippen LogP) is 1.37. The van der Waals surface area contributed by atoms with Crippen LogP contribution in [0.3, 0.4) is 0 Å². The lowest BCUT2D eigenvalue weighted by molar-refractivity contribution is 0.948. The fourth-order valence-corrected chi connectivity index (χ4v) is 1.04. The monoisotopic (exact) mass is 131 g/mol. The summed E-state index contributed by atoms with van der Waals surface area (Å²) in [6.07, 6.45) is 4.78. The normalized spacial score (nSPS) is 10.5. The average Bonchev–Trinajstić information content (AvgIpc) is 2.34. The number of pyridine rings is 1. The molecule has 0 fully saturated rings. The Morgan fingerprint density at radius 1 is 1.50 bits per heavy atom. The number of nitrogens with zero attached hydrogens (tertiary/aromatic N) is 2. The van der Waals surface area contributed by atoms with Gasteiger partial charge in [0.1, 0.15) is 5.65 Å². The summed E-state index contributed by atoms with van der Waals surface area (Å²) < 4.78 is 1.98. The fraction of sp³-hybridized carbons (Fsp3) is 0.125. The highest BCUT2D eigenvalue weighted by atomic mass is 15.0. The topological polar surface area (TPSA) is 17.8 Å². The SMILES string of the molecule is Cn1ccc2cc[c]nc21. The molecule has 0 unspecified atom stereocenters. The molecule has 0 amide bonds. The van der Waals surface area contributed by atoms with Gasteiger partial charge in [-0.1, -0.05) is 0 Å². The van der Waals surface area contributed by atoms with Crippen LogP contribution in [-0.4, -0.2) is 9.55 Å². The predicted molar refractivity (Wildman–Crippen MR) is 39.6 cm³/mol. The van der Waals surface area contributed by atoms with Gasteiger partial charge in [-0.05, 0) is 18.2 Å². The highest BCUT2D eigenvalue weighted by Crippen LogP contribution is 2.09. The largest absolute Gasteiger partial charge is 0.336 e. The Kier molecular flexibility index (Phi) is 1.01. The van der Waals surface area contributed by atoms with E-state index < -0.39 is 0 Å². The van der Waals surface area contributed by atoms with E-state index in [1.807, 2.05) is 36.0 Å². The molecular formula is C8H7N2. The molecule has 2 nitrogen and oxygen atoms in total. The molecule has 0 aromatic carbocycles. The quantitative estimate of drug-likeness (QED) is 0.528. The lowest BCUT2D eigenvalue weighted by Gasteiger charge is -1.90. The van der Waals surface area contributed by atoms with Gasteiger partial charge in [0, 0.05) is 18.6 Å². The molecule has 0 N–H and O–H groups in total. The third kappa shape index (κ3) is 0.620. The number of rotatable bonds is 0. The maximum absolute atomic E-state index is 4.08. The van der Waals surface area contributed by atoms with Crippen molar-refractivity contribution in [2.45, 2.75) is 0 Å². The maximum Gasteiger partial charge on any atom is 0.140 e. The second-order valence-corrected chi connectivity index (χ2v) is 2.28. The van der Waals surface area contributed by atoms with Crippen LogP contribution in [-0.2, 0) is 7.05 Å². The Hall–Kier alpha value is -1.31. The van der Waals surface area contributed by atoms with Crippen LogP contribution < -0.4 is 0 Å². The number of hydrogen-bond acceptors (Lipinski definition) is 1. The molecule has 0 aliphatic carbocycles. The van der Waals surface area contributed by atoms with Crippen molar-refractivity contribution in [2.24, 2.45) is 7.05 Å². The molecule has 0 saturated heterocycles. The van der Waals surface area contributed by atoms with Crippen LogP contribution in [0.25, 0.3) is 11.0 Å². The standard InChI is InChI=1S/C8H7N2/c1-10-6-4-7-3-2-5-9-8(7)10/h2-4,6H,1H3. The van der Waals surface area contributed by atoms with Crippen molar-refractivity contribution in [3.05, 3.63) is 30.6 Å². The molecular weight excluding hydrogens is 124 g/mol. The van der Waals surface area contributed by atoms with Crippen LogP contribution in [0.5, 0.6) is 0 Å². The Labute approximate surface area is 59.1 Å². The van der Waals surface area contributed by atoms with Crippen molar-refractivity contribution in [3.63, 3.8) is 0 Å². The summed E-state index contributed by atoms with van der Waals surface area (Å²) in [4.78, 5) is 4.08. The Balaban J connectivity index is 2.93. The van der Waals surface area contributed by atoms with Gasteiger partial charge in [0.2, 0.25) is 0 Å². The first-order valence-electron chi connectivity index (χ1n) is 3.16. The van der Waals surface area contributed by atoms with Gasteiger partial charge >= 0.3 is 0 Å². The van der Waals surface area contributed by atoms with E-state index in [-0.39, 0.29) is 0 Å². The molecule has 0 aliphatic rings. The molecule has 0 atom stereocenters. The molecule has 49 valence electrons. The maximum atomic E-state index is 4.08. The summed E-state index contributed by atoms with van der Waals surface area (Å²) in [7, 11) is 1.98. The summed E-state index contributed by atoms with van der Waals surface area (Å²) in [6.45, 7) is 0. The lowest BCUT2D eigenvalue weighted by Crippen LogP contribution is -1.85. The van der Waals surface area contributed by atoms with Crippen LogP contribution >= 0.6 is 0 Å². The van der Waals surface area contributed by atoms with Gasteiger partial charge in [-0.25, -0.2) is 4.98 Å². The molecule has 1 radical (unpaired) electrons. The van der Waals surface area contributed by atoms with Crippen molar-refractivity contribution in [3.8, 4) is 0 Å². The van der Waals surface area contributed by atoms with E-state index in [9.17, 15) is 0 Å². The van der Waals surface area contributed by atoms with Crippen molar-refractivity contribution in [1.82, 2.24) is 9.55 Å². The van der Waals surface area contributed by atoms with Gasteiger partial charge in [-0.15, -0.1) is 0 Å². The first-order chi connectivity index (χ1) is 4.88. The zero-order valence-electron chi connectivity index (χ0n) is 5.70. The number of aryl methyl sites for hydroxylation is 1. The molecule has 0 bridgehead atoms. The summed E-state index contributed by atoms with van der Waals surface area (Å²) >= 11 is 0. The minimum atomic E-state index is 0.988. The van der Waals surface area contributed by atoms with Crippen molar-refractivity contribution >= 4 is 11.0 Å². The van der Waals surface area contributed by atoms with E-state index >= 15 is 0 Å². The van der Waals surface area contributed by atoms with E-state index in [0.29, 0.717) is 0 Å². The van der Waals surface area contributed by atoms with E-state index in [0.717, 1.165) is 5.65 Å².